The highest BCUT2D eigenvalue weighted by Crippen LogP contribution is 2.27. The third kappa shape index (κ3) is 2.71. The van der Waals surface area contributed by atoms with Gasteiger partial charge in [0.05, 0.1) is 6.61 Å². The van der Waals surface area contributed by atoms with E-state index in [-0.39, 0.29) is 5.72 Å². The fraction of sp³-hybridized carbons (Fsp3) is 1.00. The molecule has 3 heteroatoms. The number of hydrogen-bond donors (Lipinski definition) is 1. The Hall–Kier alpha value is -0.120. The number of hydrogen-bond acceptors (Lipinski definition) is 3. The predicted molar refractivity (Wildman–Crippen MR) is 61.8 cm³/mol. The van der Waals surface area contributed by atoms with E-state index >= 15 is 0 Å². The van der Waals surface area contributed by atoms with Crippen molar-refractivity contribution in [1.82, 2.24) is 10.2 Å². The molecular formula is C12H24N2O. The van der Waals surface area contributed by atoms with Crippen LogP contribution in [0.4, 0.5) is 0 Å². The molecule has 2 heterocycles. The maximum absolute atomic E-state index is 5.95. The first kappa shape index (κ1) is 11.4. The maximum Gasteiger partial charge on any atom is 0.117 e. The molecule has 2 aliphatic heterocycles. The minimum Gasteiger partial charge on any atom is -0.361 e. The lowest BCUT2D eigenvalue weighted by Gasteiger charge is -2.40. The average molecular weight is 212 g/mol. The van der Waals surface area contributed by atoms with Gasteiger partial charge >= 0.3 is 0 Å². The van der Waals surface area contributed by atoms with Crippen LogP contribution in [-0.2, 0) is 4.74 Å². The van der Waals surface area contributed by atoms with Crippen LogP contribution in [0.3, 0.4) is 0 Å². The van der Waals surface area contributed by atoms with E-state index in [1.54, 1.807) is 0 Å². The third-order valence-corrected chi connectivity index (χ3v) is 3.81. The number of rotatable bonds is 2. The molecule has 0 saturated carbocycles. The Balaban J connectivity index is 1.87. The number of nitrogens with zero attached hydrogens (tertiary/aromatic N) is 1. The van der Waals surface area contributed by atoms with E-state index in [2.05, 4.69) is 31.1 Å². The molecule has 3 atom stereocenters. The maximum atomic E-state index is 5.95. The summed E-state index contributed by atoms with van der Waals surface area (Å²) in [7, 11) is 2.23. The lowest BCUT2D eigenvalue weighted by atomic mass is 10.00. The molecule has 0 bridgehead atoms. The van der Waals surface area contributed by atoms with E-state index in [1.807, 2.05) is 0 Å². The van der Waals surface area contributed by atoms with E-state index in [4.69, 9.17) is 4.74 Å². The van der Waals surface area contributed by atoms with E-state index in [1.165, 1.54) is 19.4 Å². The lowest BCUT2D eigenvalue weighted by molar-refractivity contribution is -0.113. The highest BCUT2D eigenvalue weighted by Gasteiger charge is 2.35. The van der Waals surface area contributed by atoms with Gasteiger partial charge in [0.2, 0.25) is 0 Å². The molecular weight excluding hydrogens is 188 g/mol. The van der Waals surface area contributed by atoms with Gasteiger partial charge in [-0.05, 0) is 39.3 Å². The molecule has 0 aromatic rings. The number of nitrogens with one attached hydrogen (secondary N) is 1. The summed E-state index contributed by atoms with van der Waals surface area (Å²) in [6.45, 7) is 7.67. The summed E-state index contributed by atoms with van der Waals surface area (Å²) < 4.78 is 5.95. The van der Waals surface area contributed by atoms with Crippen LogP contribution in [0.5, 0.6) is 0 Å². The van der Waals surface area contributed by atoms with Crippen molar-refractivity contribution in [3.05, 3.63) is 0 Å². The van der Waals surface area contributed by atoms with Crippen molar-refractivity contribution < 1.29 is 4.74 Å². The summed E-state index contributed by atoms with van der Waals surface area (Å²) in [5, 5.41) is 3.54. The van der Waals surface area contributed by atoms with Crippen LogP contribution in [0, 0.1) is 5.92 Å². The van der Waals surface area contributed by atoms with Gasteiger partial charge in [-0.1, -0.05) is 6.92 Å². The fourth-order valence-corrected chi connectivity index (χ4v) is 2.64. The fourth-order valence-electron chi connectivity index (χ4n) is 2.64. The van der Waals surface area contributed by atoms with Gasteiger partial charge in [-0.25, -0.2) is 0 Å². The monoisotopic (exact) mass is 212 g/mol. The SMILES string of the molecule is CC1CNC(C)(CC2CCCN2C)OC1. The van der Waals surface area contributed by atoms with Crippen LogP contribution < -0.4 is 5.32 Å². The Morgan fingerprint density at radius 3 is 2.87 bits per heavy atom. The molecule has 3 unspecified atom stereocenters. The molecule has 1 N–H and O–H groups in total. The molecule has 0 aliphatic carbocycles. The van der Waals surface area contributed by atoms with Crippen molar-refractivity contribution >= 4 is 0 Å². The largest absolute Gasteiger partial charge is 0.361 e. The van der Waals surface area contributed by atoms with Gasteiger partial charge in [0, 0.05) is 19.0 Å². The molecule has 0 spiro atoms. The van der Waals surface area contributed by atoms with Gasteiger partial charge in [0.1, 0.15) is 5.72 Å². The molecule has 88 valence electrons. The minimum atomic E-state index is -0.0875. The van der Waals surface area contributed by atoms with Gasteiger partial charge in [-0.3, -0.25) is 5.32 Å². The molecule has 0 aromatic carbocycles. The Morgan fingerprint density at radius 2 is 2.33 bits per heavy atom. The van der Waals surface area contributed by atoms with E-state index in [0.29, 0.717) is 12.0 Å². The molecule has 2 aliphatic rings. The third-order valence-electron chi connectivity index (χ3n) is 3.81. The van der Waals surface area contributed by atoms with Crippen molar-refractivity contribution in [3.8, 4) is 0 Å². The summed E-state index contributed by atoms with van der Waals surface area (Å²) in [6, 6.07) is 0.705. The smallest absolute Gasteiger partial charge is 0.117 e. The van der Waals surface area contributed by atoms with Crippen molar-refractivity contribution in [2.24, 2.45) is 5.92 Å². The van der Waals surface area contributed by atoms with Crippen molar-refractivity contribution in [2.75, 3.05) is 26.7 Å². The second kappa shape index (κ2) is 4.40. The van der Waals surface area contributed by atoms with Crippen LogP contribution in [0.2, 0.25) is 0 Å². The average Bonchev–Trinajstić information content (AvgIpc) is 2.58. The molecule has 0 amide bonds. The summed E-state index contributed by atoms with van der Waals surface area (Å²) >= 11 is 0. The summed E-state index contributed by atoms with van der Waals surface area (Å²) in [5.74, 6) is 0.652. The number of likely N-dealkylation sites (tertiary alicyclic amines) is 1. The summed E-state index contributed by atoms with van der Waals surface area (Å²) in [4.78, 5) is 2.47. The molecule has 2 rings (SSSR count). The summed E-state index contributed by atoms with van der Waals surface area (Å²) in [6.07, 6.45) is 3.79. The Bertz CT molecular complexity index is 212. The second-order valence-corrected chi connectivity index (χ2v) is 5.51. The quantitative estimate of drug-likeness (QED) is 0.749. The Morgan fingerprint density at radius 1 is 1.53 bits per heavy atom. The topological polar surface area (TPSA) is 24.5 Å². The van der Waals surface area contributed by atoms with Crippen molar-refractivity contribution in [3.63, 3.8) is 0 Å². The second-order valence-electron chi connectivity index (χ2n) is 5.51. The minimum absolute atomic E-state index is 0.0875. The first-order valence-electron chi connectivity index (χ1n) is 6.18. The van der Waals surface area contributed by atoms with E-state index in [0.717, 1.165) is 19.6 Å². The van der Waals surface area contributed by atoms with Crippen LogP contribution in [0.25, 0.3) is 0 Å². The molecule has 0 aromatic heterocycles. The standard InChI is InChI=1S/C12H24N2O/c1-10-8-13-12(2,15-9-10)7-11-5-4-6-14(11)3/h10-11,13H,4-9H2,1-3H3. The normalized spacial score (nSPS) is 43.4. The zero-order valence-electron chi connectivity index (χ0n) is 10.3. The molecule has 2 fully saturated rings. The van der Waals surface area contributed by atoms with E-state index in [9.17, 15) is 0 Å². The highest BCUT2D eigenvalue weighted by molar-refractivity contribution is 4.87. The van der Waals surface area contributed by atoms with Gasteiger partial charge < -0.3 is 9.64 Å². The van der Waals surface area contributed by atoms with Crippen molar-refractivity contribution in [1.29, 1.82) is 0 Å². The van der Waals surface area contributed by atoms with Crippen LogP contribution >= 0.6 is 0 Å². The van der Waals surface area contributed by atoms with Gasteiger partial charge in [-0.15, -0.1) is 0 Å². The molecule has 15 heavy (non-hydrogen) atoms. The van der Waals surface area contributed by atoms with Crippen LogP contribution in [-0.4, -0.2) is 43.4 Å². The van der Waals surface area contributed by atoms with Crippen LogP contribution in [0.1, 0.15) is 33.1 Å². The van der Waals surface area contributed by atoms with Crippen molar-refractivity contribution in [2.45, 2.75) is 44.9 Å². The molecule has 3 nitrogen and oxygen atoms in total. The Labute approximate surface area is 93.2 Å². The first-order chi connectivity index (χ1) is 7.09. The number of ether oxygens (including phenoxy) is 1. The highest BCUT2D eigenvalue weighted by atomic mass is 16.5. The Kier molecular flexibility index (Phi) is 3.33. The lowest BCUT2D eigenvalue weighted by Crippen LogP contribution is -2.54. The van der Waals surface area contributed by atoms with Gasteiger partial charge in [-0.2, -0.15) is 0 Å². The summed E-state index contributed by atoms with van der Waals surface area (Å²) in [5.41, 5.74) is -0.0875. The molecule has 2 saturated heterocycles. The zero-order chi connectivity index (χ0) is 10.9. The predicted octanol–water partition coefficient (Wildman–Crippen LogP) is 1.44. The van der Waals surface area contributed by atoms with Gasteiger partial charge in [0.15, 0.2) is 0 Å². The zero-order valence-corrected chi connectivity index (χ0v) is 10.3. The van der Waals surface area contributed by atoms with E-state index < -0.39 is 0 Å². The molecule has 0 radical (unpaired) electrons. The van der Waals surface area contributed by atoms with Gasteiger partial charge in [0.25, 0.3) is 0 Å². The first-order valence-corrected chi connectivity index (χ1v) is 6.18. The van der Waals surface area contributed by atoms with Crippen LogP contribution in [0.15, 0.2) is 0 Å².